The first-order chi connectivity index (χ1) is 9.17. The Labute approximate surface area is 118 Å². The Morgan fingerprint density at radius 3 is 2.26 bits per heavy atom. The summed E-state index contributed by atoms with van der Waals surface area (Å²) in [5.74, 6) is 0. The monoisotopic (exact) mass is 263 g/mol. The number of rotatable bonds is 9. The summed E-state index contributed by atoms with van der Waals surface area (Å²) in [5.41, 5.74) is 8.47. The SMILES string of the molecule is CCN(CCCN(C)C)CCc1ccccc1CN. The average molecular weight is 263 g/mol. The number of hydrogen-bond donors (Lipinski definition) is 1. The maximum atomic E-state index is 5.78. The lowest BCUT2D eigenvalue weighted by molar-refractivity contribution is 0.269. The summed E-state index contributed by atoms with van der Waals surface area (Å²) in [6.45, 7) is 7.47. The van der Waals surface area contributed by atoms with E-state index in [1.807, 2.05) is 0 Å². The van der Waals surface area contributed by atoms with Crippen molar-refractivity contribution in [1.29, 1.82) is 0 Å². The molecule has 2 N–H and O–H groups in total. The second kappa shape index (κ2) is 9.08. The maximum absolute atomic E-state index is 5.78. The van der Waals surface area contributed by atoms with Gasteiger partial charge < -0.3 is 15.5 Å². The van der Waals surface area contributed by atoms with Gasteiger partial charge in [0.25, 0.3) is 0 Å². The van der Waals surface area contributed by atoms with Crippen LogP contribution < -0.4 is 5.73 Å². The predicted octanol–water partition coefficient (Wildman–Crippen LogP) is 1.96. The lowest BCUT2D eigenvalue weighted by Crippen LogP contribution is -2.29. The fourth-order valence-corrected chi connectivity index (χ4v) is 2.32. The second-order valence-corrected chi connectivity index (χ2v) is 5.31. The largest absolute Gasteiger partial charge is 0.326 e. The summed E-state index contributed by atoms with van der Waals surface area (Å²) < 4.78 is 0. The fourth-order valence-electron chi connectivity index (χ4n) is 2.32. The number of nitrogens with two attached hydrogens (primary N) is 1. The first kappa shape index (κ1) is 16.2. The van der Waals surface area contributed by atoms with E-state index < -0.39 is 0 Å². The molecule has 0 radical (unpaired) electrons. The van der Waals surface area contributed by atoms with Gasteiger partial charge in [0.1, 0.15) is 0 Å². The Hall–Kier alpha value is -0.900. The molecule has 19 heavy (non-hydrogen) atoms. The van der Waals surface area contributed by atoms with Gasteiger partial charge in [-0.1, -0.05) is 31.2 Å². The molecule has 108 valence electrons. The zero-order chi connectivity index (χ0) is 14.1. The molecule has 1 aromatic carbocycles. The van der Waals surface area contributed by atoms with Crippen LogP contribution in [0.25, 0.3) is 0 Å². The van der Waals surface area contributed by atoms with E-state index in [0.29, 0.717) is 6.54 Å². The van der Waals surface area contributed by atoms with Gasteiger partial charge in [0.05, 0.1) is 0 Å². The van der Waals surface area contributed by atoms with E-state index in [9.17, 15) is 0 Å². The van der Waals surface area contributed by atoms with Crippen molar-refractivity contribution in [2.24, 2.45) is 5.73 Å². The van der Waals surface area contributed by atoms with Crippen molar-refractivity contribution in [1.82, 2.24) is 9.80 Å². The molecule has 0 amide bonds. The van der Waals surface area contributed by atoms with Gasteiger partial charge in [-0.25, -0.2) is 0 Å². The molecule has 0 unspecified atom stereocenters. The number of nitrogens with zero attached hydrogens (tertiary/aromatic N) is 2. The quantitative estimate of drug-likeness (QED) is 0.739. The average Bonchev–Trinajstić information content (AvgIpc) is 2.42. The molecule has 0 aliphatic rings. The van der Waals surface area contributed by atoms with E-state index in [-0.39, 0.29) is 0 Å². The molecule has 1 aromatic rings. The van der Waals surface area contributed by atoms with Crippen molar-refractivity contribution in [3.63, 3.8) is 0 Å². The first-order valence-electron chi connectivity index (χ1n) is 7.31. The van der Waals surface area contributed by atoms with Crippen LogP contribution in [0.5, 0.6) is 0 Å². The summed E-state index contributed by atoms with van der Waals surface area (Å²) >= 11 is 0. The van der Waals surface area contributed by atoms with Crippen LogP contribution in [0, 0.1) is 0 Å². The van der Waals surface area contributed by atoms with Crippen LogP contribution in [-0.4, -0.2) is 50.1 Å². The molecular formula is C16H29N3. The minimum atomic E-state index is 0.642. The third kappa shape index (κ3) is 6.19. The molecular weight excluding hydrogens is 234 g/mol. The van der Waals surface area contributed by atoms with Crippen LogP contribution in [0.2, 0.25) is 0 Å². The molecule has 0 aliphatic carbocycles. The van der Waals surface area contributed by atoms with Gasteiger partial charge in [-0.3, -0.25) is 0 Å². The first-order valence-corrected chi connectivity index (χ1v) is 7.31. The standard InChI is InChI=1S/C16H29N3/c1-4-19(12-7-11-18(2)3)13-10-15-8-5-6-9-16(15)14-17/h5-6,8-9H,4,7,10-14,17H2,1-3H3. The molecule has 0 fully saturated rings. The van der Waals surface area contributed by atoms with Gasteiger partial charge in [-0.05, 0) is 57.7 Å². The second-order valence-electron chi connectivity index (χ2n) is 5.31. The summed E-state index contributed by atoms with van der Waals surface area (Å²) in [4.78, 5) is 4.77. The van der Waals surface area contributed by atoms with Crippen LogP contribution in [0.4, 0.5) is 0 Å². The van der Waals surface area contributed by atoms with Crippen molar-refractivity contribution in [2.45, 2.75) is 26.3 Å². The zero-order valence-corrected chi connectivity index (χ0v) is 12.7. The third-order valence-corrected chi connectivity index (χ3v) is 3.56. The highest BCUT2D eigenvalue weighted by Crippen LogP contribution is 2.09. The molecule has 0 spiro atoms. The smallest absolute Gasteiger partial charge is 0.0180 e. The van der Waals surface area contributed by atoms with E-state index in [2.05, 4.69) is 55.1 Å². The maximum Gasteiger partial charge on any atom is 0.0180 e. The zero-order valence-electron chi connectivity index (χ0n) is 12.7. The fraction of sp³-hybridized carbons (Fsp3) is 0.625. The van der Waals surface area contributed by atoms with Crippen molar-refractivity contribution < 1.29 is 0 Å². The highest BCUT2D eigenvalue weighted by atomic mass is 15.1. The van der Waals surface area contributed by atoms with Crippen molar-refractivity contribution in [3.8, 4) is 0 Å². The van der Waals surface area contributed by atoms with Gasteiger partial charge in [-0.2, -0.15) is 0 Å². The van der Waals surface area contributed by atoms with Gasteiger partial charge in [0.15, 0.2) is 0 Å². The van der Waals surface area contributed by atoms with E-state index >= 15 is 0 Å². The Kier molecular flexibility index (Phi) is 7.72. The Morgan fingerprint density at radius 2 is 1.68 bits per heavy atom. The minimum Gasteiger partial charge on any atom is -0.326 e. The molecule has 0 heterocycles. The molecule has 0 aliphatic heterocycles. The molecule has 1 rings (SSSR count). The predicted molar refractivity (Wildman–Crippen MR) is 83.3 cm³/mol. The Morgan fingerprint density at radius 1 is 1.00 bits per heavy atom. The lowest BCUT2D eigenvalue weighted by atomic mass is 10.0. The lowest BCUT2D eigenvalue weighted by Gasteiger charge is -2.22. The molecule has 0 saturated carbocycles. The molecule has 0 aromatic heterocycles. The Bertz CT molecular complexity index is 350. The van der Waals surface area contributed by atoms with Gasteiger partial charge in [0.2, 0.25) is 0 Å². The van der Waals surface area contributed by atoms with Crippen LogP contribution in [0.15, 0.2) is 24.3 Å². The topological polar surface area (TPSA) is 32.5 Å². The molecule has 0 atom stereocenters. The van der Waals surface area contributed by atoms with E-state index in [1.54, 1.807) is 0 Å². The summed E-state index contributed by atoms with van der Waals surface area (Å²) in [6, 6.07) is 8.52. The molecule has 3 nitrogen and oxygen atoms in total. The van der Waals surface area contributed by atoms with Crippen molar-refractivity contribution in [3.05, 3.63) is 35.4 Å². The summed E-state index contributed by atoms with van der Waals surface area (Å²) in [7, 11) is 4.27. The number of likely N-dealkylation sites (N-methyl/N-ethyl adjacent to an activating group) is 1. The highest BCUT2D eigenvalue weighted by molar-refractivity contribution is 5.27. The molecule has 3 heteroatoms. The highest BCUT2D eigenvalue weighted by Gasteiger charge is 2.05. The van der Waals surface area contributed by atoms with Crippen LogP contribution in [0.1, 0.15) is 24.5 Å². The number of benzene rings is 1. The van der Waals surface area contributed by atoms with E-state index in [0.717, 1.165) is 26.1 Å². The van der Waals surface area contributed by atoms with Crippen LogP contribution in [0.3, 0.4) is 0 Å². The van der Waals surface area contributed by atoms with E-state index in [1.165, 1.54) is 24.1 Å². The summed E-state index contributed by atoms with van der Waals surface area (Å²) in [6.07, 6.45) is 2.34. The van der Waals surface area contributed by atoms with Crippen molar-refractivity contribution >= 4 is 0 Å². The summed E-state index contributed by atoms with van der Waals surface area (Å²) in [5, 5.41) is 0. The molecule has 0 bridgehead atoms. The third-order valence-electron chi connectivity index (χ3n) is 3.56. The van der Waals surface area contributed by atoms with Crippen LogP contribution in [-0.2, 0) is 13.0 Å². The van der Waals surface area contributed by atoms with Gasteiger partial charge in [-0.15, -0.1) is 0 Å². The minimum absolute atomic E-state index is 0.642. The molecule has 0 saturated heterocycles. The van der Waals surface area contributed by atoms with Gasteiger partial charge >= 0.3 is 0 Å². The number of hydrogen-bond acceptors (Lipinski definition) is 3. The normalized spacial score (nSPS) is 11.5. The van der Waals surface area contributed by atoms with E-state index in [4.69, 9.17) is 5.73 Å². The van der Waals surface area contributed by atoms with Gasteiger partial charge in [0, 0.05) is 13.1 Å². The van der Waals surface area contributed by atoms with Crippen LogP contribution >= 0.6 is 0 Å². The Balaban J connectivity index is 2.39. The van der Waals surface area contributed by atoms with Crippen molar-refractivity contribution in [2.75, 3.05) is 40.3 Å².